The van der Waals surface area contributed by atoms with Crippen LogP contribution in [0.3, 0.4) is 0 Å². The molecule has 1 aliphatic rings. The molecule has 1 N–H and O–H groups in total. The number of amides is 2. The highest BCUT2D eigenvalue weighted by Crippen LogP contribution is 2.29. The lowest BCUT2D eigenvalue weighted by molar-refractivity contribution is -0.116. The first-order valence-corrected chi connectivity index (χ1v) is 8.19. The van der Waals surface area contributed by atoms with Gasteiger partial charge in [0, 0.05) is 29.6 Å². The molecule has 1 unspecified atom stereocenters. The zero-order valence-corrected chi connectivity index (χ0v) is 13.4. The third kappa shape index (κ3) is 2.76. The zero-order chi connectivity index (χ0) is 15.7. The van der Waals surface area contributed by atoms with Crippen LogP contribution in [-0.2, 0) is 11.2 Å². The minimum Gasteiger partial charge on any atom is -0.345 e. The van der Waals surface area contributed by atoms with E-state index >= 15 is 0 Å². The Balaban J connectivity index is 1.76. The highest BCUT2D eigenvalue weighted by atomic mass is 32.1. The Morgan fingerprint density at radius 2 is 2.14 bits per heavy atom. The summed E-state index contributed by atoms with van der Waals surface area (Å²) in [4.78, 5) is 26.8. The Kier molecular flexibility index (Phi) is 3.98. The summed E-state index contributed by atoms with van der Waals surface area (Å²) in [5.41, 5.74) is 2.63. The smallest absolute Gasteiger partial charge is 0.251 e. The van der Waals surface area contributed by atoms with Crippen LogP contribution in [0.15, 0.2) is 35.7 Å². The number of nitrogens with zero attached hydrogens (tertiary/aromatic N) is 1. The Morgan fingerprint density at radius 3 is 2.82 bits per heavy atom. The van der Waals surface area contributed by atoms with E-state index in [2.05, 4.69) is 5.32 Å². The van der Waals surface area contributed by atoms with Crippen LogP contribution in [0, 0.1) is 0 Å². The van der Waals surface area contributed by atoms with Crippen LogP contribution in [-0.4, -0.2) is 18.4 Å². The number of rotatable bonds is 3. The van der Waals surface area contributed by atoms with Gasteiger partial charge in [0.05, 0.1) is 6.04 Å². The lowest BCUT2D eigenvalue weighted by atomic mass is 10.1. The van der Waals surface area contributed by atoms with Crippen LogP contribution in [0.4, 0.5) is 5.69 Å². The first-order valence-electron chi connectivity index (χ1n) is 7.31. The largest absolute Gasteiger partial charge is 0.345 e. The molecule has 2 amide bonds. The zero-order valence-electron chi connectivity index (χ0n) is 12.6. The van der Waals surface area contributed by atoms with Gasteiger partial charge in [0.2, 0.25) is 5.91 Å². The van der Waals surface area contributed by atoms with Gasteiger partial charge in [-0.1, -0.05) is 6.07 Å². The second-order valence-electron chi connectivity index (χ2n) is 5.47. The number of benzene rings is 1. The molecule has 1 aliphatic heterocycles. The lowest BCUT2D eigenvalue weighted by Crippen LogP contribution is -2.26. The minimum atomic E-state index is -0.0787. The van der Waals surface area contributed by atoms with Crippen molar-refractivity contribution in [1.29, 1.82) is 0 Å². The van der Waals surface area contributed by atoms with Gasteiger partial charge in [0.1, 0.15) is 0 Å². The fourth-order valence-corrected chi connectivity index (χ4v) is 3.49. The van der Waals surface area contributed by atoms with Crippen molar-refractivity contribution in [3.8, 4) is 0 Å². The predicted molar refractivity (Wildman–Crippen MR) is 88.4 cm³/mol. The summed E-state index contributed by atoms with van der Waals surface area (Å²) >= 11 is 1.63. The van der Waals surface area contributed by atoms with Crippen molar-refractivity contribution in [2.75, 3.05) is 11.4 Å². The van der Waals surface area contributed by atoms with Gasteiger partial charge in [-0.15, -0.1) is 11.3 Å². The van der Waals surface area contributed by atoms with Gasteiger partial charge in [-0.25, -0.2) is 0 Å². The van der Waals surface area contributed by atoms with Crippen molar-refractivity contribution < 1.29 is 9.59 Å². The average Bonchev–Trinajstić information content (AvgIpc) is 3.15. The maximum atomic E-state index is 12.4. The van der Waals surface area contributed by atoms with E-state index in [1.807, 2.05) is 36.6 Å². The average molecular weight is 314 g/mol. The van der Waals surface area contributed by atoms with E-state index < -0.39 is 0 Å². The Bertz CT molecular complexity index is 709. The van der Waals surface area contributed by atoms with Gasteiger partial charge in [-0.05, 0) is 48.6 Å². The van der Waals surface area contributed by atoms with Crippen molar-refractivity contribution in [3.63, 3.8) is 0 Å². The molecule has 0 bridgehead atoms. The van der Waals surface area contributed by atoms with Crippen LogP contribution in [0.1, 0.15) is 40.7 Å². The monoisotopic (exact) mass is 314 g/mol. The number of thiophene rings is 1. The molecule has 0 fully saturated rings. The predicted octanol–water partition coefficient (Wildman–Crippen LogP) is 3.15. The molecule has 2 heterocycles. The molecule has 1 atom stereocenters. The van der Waals surface area contributed by atoms with E-state index in [1.54, 1.807) is 29.2 Å². The standard InChI is InChI=1S/C17H18N2O2S/c1-11(16-4-3-9-22-16)18-17(21)14-5-6-15-13(10-14)7-8-19(15)12(2)20/h3-6,9-11H,7-8H2,1-2H3,(H,18,21). The summed E-state index contributed by atoms with van der Waals surface area (Å²) in [6.45, 7) is 4.24. The molecule has 1 aromatic carbocycles. The van der Waals surface area contributed by atoms with Gasteiger partial charge in [-0.2, -0.15) is 0 Å². The molecule has 3 rings (SSSR count). The Hall–Kier alpha value is -2.14. The summed E-state index contributed by atoms with van der Waals surface area (Å²) in [6.07, 6.45) is 0.802. The lowest BCUT2D eigenvalue weighted by Gasteiger charge is -2.15. The van der Waals surface area contributed by atoms with Crippen LogP contribution in [0.5, 0.6) is 0 Å². The molecule has 0 saturated carbocycles. The van der Waals surface area contributed by atoms with Gasteiger partial charge >= 0.3 is 0 Å². The molecular formula is C17H18N2O2S. The molecular weight excluding hydrogens is 296 g/mol. The summed E-state index contributed by atoms with van der Waals surface area (Å²) in [7, 11) is 0. The molecule has 0 radical (unpaired) electrons. The summed E-state index contributed by atoms with van der Waals surface area (Å²) in [6, 6.07) is 9.55. The van der Waals surface area contributed by atoms with Crippen LogP contribution in [0.25, 0.3) is 0 Å². The van der Waals surface area contributed by atoms with Crippen LogP contribution >= 0.6 is 11.3 Å². The normalized spacial score (nSPS) is 14.5. The fraction of sp³-hybridized carbons (Fsp3) is 0.294. The quantitative estimate of drug-likeness (QED) is 0.946. The van der Waals surface area contributed by atoms with E-state index in [0.717, 1.165) is 22.5 Å². The molecule has 0 saturated heterocycles. The minimum absolute atomic E-state index is 0.00512. The molecule has 1 aromatic heterocycles. The maximum absolute atomic E-state index is 12.4. The fourth-order valence-electron chi connectivity index (χ4n) is 2.76. The van der Waals surface area contributed by atoms with Crippen LogP contribution < -0.4 is 10.2 Å². The number of hydrogen-bond acceptors (Lipinski definition) is 3. The first kappa shape index (κ1) is 14.8. The second-order valence-corrected chi connectivity index (χ2v) is 6.45. The Labute approximate surface area is 133 Å². The van der Waals surface area contributed by atoms with Crippen molar-refractivity contribution in [2.45, 2.75) is 26.3 Å². The summed E-state index contributed by atoms with van der Waals surface area (Å²) in [5, 5.41) is 5.02. The van der Waals surface area contributed by atoms with E-state index in [0.29, 0.717) is 12.1 Å². The van der Waals surface area contributed by atoms with Crippen LogP contribution in [0.2, 0.25) is 0 Å². The molecule has 5 heteroatoms. The topological polar surface area (TPSA) is 49.4 Å². The molecule has 22 heavy (non-hydrogen) atoms. The van der Waals surface area contributed by atoms with Gasteiger partial charge in [0.15, 0.2) is 0 Å². The van der Waals surface area contributed by atoms with Gasteiger partial charge in [-0.3, -0.25) is 9.59 Å². The molecule has 114 valence electrons. The highest BCUT2D eigenvalue weighted by Gasteiger charge is 2.23. The second kappa shape index (κ2) is 5.93. The first-order chi connectivity index (χ1) is 10.6. The number of anilines is 1. The van der Waals surface area contributed by atoms with Crippen molar-refractivity contribution in [1.82, 2.24) is 5.32 Å². The maximum Gasteiger partial charge on any atom is 0.251 e. The number of fused-ring (bicyclic) bond motifs is 1. The summed E-state index contributed by atoms with van der Waals surface area (Å²) in [5.74, 6) is -0.0350. The Morgan fingerprint density at radius 1 is 1.32 bits per heavy atom. The third-order valence-electron chi connectivity index (χ3n) is 3.93. The van der Waals surface area contributed by atoms with E-state index in [1.165, 1.54) is 0 Å². The van der Waals surface area contributed by atoms with Crippen molar-refractivity contribution >= 4 is 28.8 Å². The molecule has 2 aromatic rings. The number of carbonyl (C=O) groups excluding carboxylic acids is 2. The number of carbonyl (C=O) groups is 2. The molecule has 4 nitrogen and oxygen atoms in total. The number of hydrogen-bond donors (Lipinski definition) is 1. The van der Waals surface area contributed by atoms with E-state index in [-0.39, 0.29) is 17.9 Å². The van der Waals surface area contributed by atoms with E-state index in [9.17, 15) is 9.59 Å². The van der Waals surface area contributed by atoms with E-state index in [4.69, 9.17) is 0 Å². The molecule has 0 aliphatic carbocycles. The van der Waals surface area contributed by atoms with Gasteiger partial charge in [0.25, 0.3) is 5.91 Å². The van der Waals surface area contributed by atoms with Gasteiger partial charge < -0.3 is 10.2 Å². The highest BCUT2D eigenvalue weighted by molar-refractivity contribution is 7.10. The summed E-state index contributed by atoms with van der Waals surface area (Å²) < 4.78 is 0. The van der Waals surface area contributed by atoms with Crippen molar-refractivity contribution in [3.05, 3.63) is 51.7 Å². The SMILES string of the molecule is CC(=O)N1CCc2cc(C(=O)NC(C)c3cccs3)ccc21. The van der Waals surface area contributed by atoms with Crippen molar-refractivity contribution in [2.24, 2.45) is 0 Å². The molecule has 0 spiro atoms. The third-order valence-corrected chi connectivity index (χ3v) is 4.99. The number of nitrogens with one attached hydrogen (secondary N) is 1.